The van der Waals surface area contributed by atoms with Crippen molar-refractivity contribution < 1.29 is 0 Å². The highest BCUT2D eigenvalue weighted by atomic mass is 15.2. The van der Waals surface area contributed by atoms with Crippen molar-refractivity contribution in [1.29, 1.82) is 5.41 Å². The molecule has 0 saturated heterocycles. The summed E-state index contributed by atoms with van der Waals surface area (Å²) in [6, 6.07) is 3.75. The maximum Gasteiger partial charge on any atom is 0.151 e. The summed E-state index contributed by atoms with van der Waals surface area (Å²) in [5.41, 5.74) is 5.29. The molecule has 0 aliphatic carbocycles. The highest BCUT2D eigenvalue weighted by molar-refractivity contribution is 5.77. The first-order valence-electron chi connectivity index (χ1n) is 4.59. The average Bonchev–Trinajstić information content (AvgIpc) is 2.20. The Morgan fingerprint density at radius 1 is 1.64 bits per heavy atom. The van der Waals surface area contributed by atoms with E-state index in [1.165, 1.54) is 0 Å². The van der Waals surface area contributed by atoms with E-state index in [1.54, 1.807) is 6.20 Å². The Kier molecular flexibility index (Phi) is 3.84. The van der Waals surface area contributed by atoms with Gasteiger partial charge >= 0.3 is 0 Å². The topological polar surface area (TPSA) is 78.9 Å². The van der Waals surface area contributed by atoms with Crippen LogP contribution in [-0.2, 0) is 0 Å². The summed E-state index contributed by atoms with van der Waals surface area (Å²) in [6.07, 6.45) is 2.20. The SMILES string of the molecule is CCN(CCC(=N)N)c1cccnn1. The molecule has 1 rings (SSSR count). The number of hydrogen-bond acceptors (Lipinski definition) is 4. The van der Waals surface area contributed by atoms with Gasteiger partial charge in [0, 0.05) is 25.7 Å². The van der Waals surface area contributed by atoms with Gasteiger partial charge in [-0.2, -0.15) is 5.10 Å². The van der Waals surface area contributed by atoms with Gasteiger partial charge in [0.1, 0.15) is 0 Å². The van der Waals surface area contributed by atoms with Crippen LogP contribution in [-0.4, -0.2) is 29.1 Å². The van der Waals surface area contributed by atoms with E-state index in [2.05, 4.69) is 10.2 Å². The largest absolute Gasteiger partial charge is 0.388 e. The van der Waals surface area contributed by atoms with Crippen molar-refractivity contribution in [1.82, 2.24) is 10.2 Å². The average molecular weight is 193 g/mol. The summed E-state index contributed by atoms with van der Waals surface area (Å²) in [7, 11) is 0. The molecular weight excluding hydrogens is 178 g/mol. The number of hydrogen-bond donors (Lipinski definition) is 2. The fourth-order valence-corrected chi connectivity index (χ4v) is 1.15. The maximum atomic E-state index is 7.14. The van der Waals surface area contributed by atoms with E-state index < -0.39 is 0 Å². The summed E-state index contributed by atoms with van der Waals surface area (Å²) in [5, 5.41) is 14.9. The molecule has 0 spiro atoms. The zero-order chi connectivity index (χ0) is 10.4. The van der Waals surface area contributed by atoms with Crippen LogP contribution in [0.2, 0.25) is 0 Å². The van der Waals surface area contributed by atoms with Gasteiger partial charge in [-0.3, -0.25) is 5.41 Å². The molecule has 0 saturated carbocycles. The molecule has 1 heterocycles. The molecule has 0 amide bonds. The van der Waals surface area contributed by atoms with Gasteiger partial charge in [-0.1, -0.05) is 0 Å². The van der Waals surface area contributed by atoms with E-state index in [0.29, 0.717) is 13.0 Å². The lowest BCUT2D eigenvalue weighted by Crippen LogP contribution is -2.28. The second-order valence-electron chi connectivity index (χ2n) is 2.94. The van der Waals surface area contributed by atoms with Crippen molar-refractivity contribution in [2.45, 2.75) is 13.3 Å². The second kappa shape index (κ2) is 5.16. The van der Waals surface area contributed by atoms with Crippen molar-refractivity contribution in [2.24, 2.45) is 5.73 Å². The van der Waals surface area contributed by atoms with E-state index in [9.17, 15) is 0 Å². The van der Waals surface area contributed by atoms with Crippen LogP contribution < -0.4 is 10.6 Å². The third-order valence-corrected chi connectivity index (χ3v) is 1.91. The number of anilines is 1. The molecule has 1 aromatic heterocycles. The fraction of sp³-hybridized carbons (Fsp3) is 0.444. The number of nitrogens with zero attached hydrogens (tertiary/aromatic N) is 3. The first kappa shape index (κ1) is 10.4. The second-order valence-corrected chi connectivity index (χ2v) is 2.94. The Morgan fingerprint density at radius 3 is 2.93 bits per heavy atom. The summed E-state index contributed by atoms with van der Waals surface area (Å²) < 4.78 is 0. The van der Waals surface area contributed by atoms with Crippen molar-refractivity contribution in [3.8, 4) is 0 Å². The van der Waals surface area contributed by atoms with E-state index in [1.807, 2.05) is 24.0 Å². The minimum absolute atomic E-state index is 0.201. The van der Waals surface area contributed by atoms with Crippen LogP contribution in [0.15, 0.2) is 18.3 Å². The lowest BCUT2D eigenvalue weighted by atomic mass is 10.3. The zero-order valence-electron chi connectivity index (χ0n) is 8.27. The van der Waals surface area contributed by atoms with Crippen LogP contribution in [0, 0.1) is 5.41 Å². The van der Waals surface area contributed by atoms with Gasteiger partial charge in [0.25, 0.3) is 0 Å². The van der Waals surface area contributed by atoms with Crippen LogP contribution in [0.3, 0.4) is 0 Å². The van der Waals surface area contributed by atoms with Crippen LogP contribution in [0.4, 0.5) is 5.82 Å². The molecule has 3 N–H and O–H groups in total. The van der Waals surface area contributed by atoms with Crippen LogP contribution in [0.1, 0.15) is 13.3 Å². The smallest absolute Gasteiger partial charge is 0.151 e. The van der Waals surface area contributed by atoms with Crippen LogP contribution >= 0.6 is 0 Å². The first-order valence-corrected chi connectivity index (χ1v) is 4.59. The Morgan fingerprint density at radius 2 is 2.43 bits per heavy atom. The minimum Gasteiger partial charge on any atom is -0.388 e. The summed E-state index contributed by atoms with van der Waals surface area (Å²) in [5.74, 6) is 1.03. The van der Waals surface area contributed by atoms with Gasteiger partial charge in [0.15, 0.2) is 5.82 Å². The Balaban J connectivity index is 2.58. The Bertz CT molecular complexity index is 285. The number of nitrogens with two attached hydrogens (primary N) is 1. The van der Waals surface area contributed by atoms with E-state index in [0.717, 1.165) is 12.4 Å². The van der Waals surface area contributed by atoms with Gasteiger partial charge in [-0.05, 0) is 19.1 Å². The number of rotatable bonds is 5. The van der Waals surface area contributed by atoms with Gasteiger partial charge in [0.2, 0.25) is 0 Å². The minimum atomic E-state index is 0.201. The normalized spacial score (nSPS) is 9.79. The van der Waals surface area contributed by atoms with Gasteiger partial charge in [0.05, 0.1) is 5.84 Å². The number of nitrogens with one attached hydrogen (secondary N) is 1. The standard InChI is InChI=1S/C9H15N5/c1-2-14(7-5-8(10)11)9-4-3-6-12-13-9/h3-4,6H,2,5,7H2,1H3,(H3,10,11). The highest BCUT2D eigenvalue weighted by Gasteiger charge is 2.05. The van der Waals surface area contributed by atoms with Crippen LogP contribution in [0.25, 0.3) is 0 Å². The lowest BCUT2D eigenvalue weighted by Gasteiger charge is -2.20. The van der Waals surface area contributed by atoms with E-state index in [-0.39, 0.29) is 5.84 Å². The van der Waals surface area contributed by atoms with Crippen molar-refractivity contribution in [3.05, 3.63) is 18.3 Å². The fourth-order valence-electron chi connectivity index (χ4n) is 1.15. The van der Waals surface area contributed by atoms with Crippen molar-refractivity contribution in [2.75, 3.05) is 18.0 Å². The van der Waals surface area contributed by atoms with Gasteiger partial charge in [-0.25, -0.2) is 0 Å². The van der Waals surface area contributed by atoms with Gasteiger partial charge in [-0.15, -0.1) is 5.10 Å². The molecule has 0 fully saturated rings. The molecule has 0 aliphatic rings. The van der Waals surface area contributed by atoms with E-state index >= 15 is 0 Å². The summed E-state index contributed by atoms with van der Waals surface area (Å²) in [4.78, 5) is 2.04. The molecule has 0 unspecified atom stereocenters. The zero-order valence-corrected chi connectivity index (χ0v) is 8.27. The molecule has 14 heavy (non-hydrogen) atoms. The third-order valence-electron chi connectivity index (χ3n) is 1.91. The van der Waals surface area contributed by atoms with Crippen LogP contribution in [0.5, 0.6) is 0 Å². The molecule has 0 radical (unpaired) electrons. The molecule has 5 heteroatoms. The maximum absolute atomic E-state index is 7.14. The predicted octanol–water partition coefficient (Wildman–Crippen LogP) is 0.629. The molecule has 0 atom stereocenters. The molecule has 76 valence electrons. The molecule has 0 aromatic carbocycles. The first-order chi connectivity index (χ1) is 6.74. The third kappa shape index (κ3) is 3.01. The monoisotopic (exact) mass is 193 g/mol. The molecule has 1 aromatic rings. The molecule has 0 aliphatic heterocycles. The Labute approximate surface area is 83.4 Å². The molecular formula is C9H15N5. The summed E-state index contributed by atoms with van der Waals surface area (Å²) in [6.45, 7) is 3.59. The van der Waals surface area contributed by atoms with Crippen molar-refractivity contribution >= 4 is 11.7 Å². The lowest BCUT2D eigenvalue weighted by molar-refractivity contribution is 0.798. The molecule has 0 bridgehead atoms. The van der Waals surface area contributed by atoms with Gasteiger partial charge < -0.3 is 10.6 Å². The summed E-state index contributed by atoms with van der Waals surface area (Å²) >= 11 is 0. The highest BCUT2D eigenvalue weighted by Crippen LogP contribution is 2.07. The Hall–Kier alpha value is -1.65. The molecule has 5 nitrogen and oxygen atoms in total. The number of aromatic nitrogens is 2. The predicted molar refractivity (Wildman–Crippen MR) is 56.5 cm³/mol. The number of amidine groups is 1. The van der Waals surface area contributed by atoms with Crippen molar-refractivity contribution in [3.63, 3.8) is 0 Å². The van der Waals surface area contributed by atoms with E-state index in [4.69, 9.17) is 11.1 Å². The quantitative estimate of drug-likeness (QED) is 0.531.